The number of benzene rings is 3. The van der Waals surface area contributed by atoms with Gasteiger partial charge in [-0.25, -0.2) is 13.8 Å². The molecule has 0 aliphatic rings. The number of nitrogens with zero attached hydrogens (tertiary/aromatic N) is 2. The minimum Gasteiger partial charge on any atom is -0.497 e. The molecule has 2 amide bonds. The fourth-order valence-corrected chi connectivity index (χ4v) is 5.39. The molecule has 0 aliphatic carbocycles. The second-order valence-corrected chi connectivity index (χ2v) is 11.2. The summed E-state index contributed by atoms with van der Waals surface area (Å²) in [6.07, 6.45) is -1.14. The molecule has 43 heavy (non-hydrogen) atoms. The molecule has 2 atom stereocenters. The smallest absolute Gasteiger partial charge is 0.253 e. The molecule has 11 heteroatoms. The third kappa shape index (κ3) is 9.15. The van der Waals surface area contributed by atoms with Gasteiger partial charge in [0.05, 0.1) is 25.8 Å². The Hall–Kier alpha value is -4.19. The highest BCUT2D eigenvalue weighted by molar-refractivity contribution is 7.09. The summed E-state index contributed by atoms with van der Waals surface area (Å²) >= 11 is 1.47. The normalized spacial score (nSPS) is 12.4. The molecule has 4 rings (SSSR count). The summed E-state index contributed by atoms with van der Waals surface area (Å²) in [5, 5.41) is 19.7. The average molecular weight is 609 g/mol. The molecule has 0 saturated heterocycles. The highest BCUT2D eigenvalue weighted by Crippen LogP contribution is 2.16. The zero-order valence-electron chi connectivity index (χ0n) is 24.1. The van der Waals surface area contributed by atoms with Crippen molar-refractivity contribution in [1.29, 1.82) is 0 Å². The summed E-state index contributed by atoms with van der Waals surface area (Å²) in [5.41, 5.74) is 2.60. The largest absolute Gasteiger partial charge is 0.497 e. The number of aliphatic hydroxyl groups excluding tert-OH is 1. The van der Waals surface area contributed by atoms with Crippen LogP contribution in [0.3, 0.4) is 0 Å². The van der Waals surface area contributed by atoms with Gasteiger partial charge in [0, 0.05) is 48.4 Å². The average Bonchev–Trinajstić information content (AvgIpc) is 3.40. The van der Waals surface area contributed by atoms with Crippen molar-refractivity contribution >= 4 is 23.2 Å². The minimum atomic E-state index is -1.11. The summed E-state index contributed by atoms with van der Waals surface area (Å²) in [5.74, 6) is -1.64. The van der Waals surface area contributed by atoms with Gasteiger partial charge in [-0.3, -0.25) is 9.59 Å². The van der Waals surface area contributed by atoms with Crippen molar-refractivity contribution in [3.05, 3.63) is 117 Å². The number of aliphatic hydroxyl groups is 1. The fourth-order valence-electron chi connectivity index (χ4n) is 4.57. The Bertz CT molecular complexity index is 1540. The number of methoxy groups -OCH3 is 1. The molecule has 0 radical (unpaired) electrons. The van der Waals surface area contributed by atoms with Crippen LogP contribution in [-0.4, -0.2) is 59.7 Å². The van der Waals surface area contributed by atoms with Gasteiger partial charge in [-0.2, -0.15) is 0 Å². The van der Waals surface area contributed by atoms with E-state index in [0.29, 0.717) is 24.4 Å². The highest BCUT2D eigenvalue weighted by atomic mass is 32.1. The van der Waals surface area contributed by atoms with Gasteiger partial charge in [0.25, 0.3) is 11.8 Å². The molecule has 0 bridgehead atoms. The molecule has 0 fully saturated rings. The lowest BCUT2D eigenvalue weighted by atomic mass is 9.99. The molecule has 0 aliphatic heterocycles. The number of hydrogen-bond donors (Lipinski definition) is 3. The van der Waals surface area contributed by atoms with Gasteiger partial charge >= 0.3 is 0 Å². The predicted octanol–water partition coefficient (Wildman–Crippen LogP) is 4.50. The maximum Gasteiger partial charge on any atom is 0.253 e. The summed E-state index contributed by atoms with van der Waals surface area (Å²) in [6.45, 7) is 2.71. The van der Waals surface area contributed by atoms with Gasteiger partial charge in [-0.1, -0.05) is 18.2 Å². The topological polar surface area (TPSA) is 104 Å². The highest BCUT2D eigenvalue weighted by Gasteiger charge is 2.24. The van der Waals surface area contributed by atoms with E-state index in [1.165, 1.54) is 22.3 Å². The summed E-state index contributed by atoms with van der Waals surface area (Å²) < 4.78 is 33.1. The standard InChI is InChI=1S/C32H34F2N4O4S/c1-20-19-43-30(36-20)18-38(2)32(41)24-8-5-7-23(14-24)31(40)37-28(13-22-10-25(33)15-26(34)11-22)29(39)17-35-16-21-6-4-9-27(12-21)42-3/h4-12,14-15,19,28-29,35,39H,13,16-18H2,1-3H3,(H,37,40)/t28-,29+/m0/s1. The van der Waals surface area contributed by atoms with Gasteiger partial charge in [-0.05, 0) is 66.9 Å². The molecule has 3 N–H and O–H groups in total. The molecule has 226 valence electrons. The molecule has 1 aromatic heterocycles. The second kappa shape index (κ2) is 14.8. The molecule has 1 heterocycles. The van der Waals surface area contributed by atoms with Gasteiger partial charge < -0.3 is 25.4 Å². The number of carbonyl (C=O) groups excluding carboxylic acids is 2. The van der Waals surface area contributed by atoms with Gasteiger partial charge in [0.1, 0.15) is 22.4 Å². The number of carbonyl (C=O) groups is 2. The molecule has 8 nitrogen and oxygen atoms in total. The lowest BCUT2D eigenvalue weighted by Gasteiger charge is -2.25. The number of amides is 2. The third-order valence-corrected chi connectivity index (χ3v) is 7.68. The first-order chi connectivity index (χ1) is 20.6. The zero-order chi connectivity index (χ0) is 30.9. The SMILES string of the molecule is COc1cccc(CNC[C@@H](O)[C@H](Cc2cc(F)cc(F)c2)NC(=O)c2cccc(C(=O)N(C)Cc3nc(C)cs3)c2)c1. The first-order valence-electron chi connectivity index (χ1n) is 13.7. The number of hydrogen-bond acceptors (Lipinski definition) is 7. The van der Waals surface area contributed by atoms with Crippen molar-refractivity contribution in [3.63, 3.8) is 0 Å². The van der Waals surface area contributed by atoms with E-state index < -0.39 is 29.7 Å². The fraction of sp³-hybridized carbons (Fsp3) is 0.281. The first kappa shape index (κ1) is 31.7. The summed E-state index contributed by atoms with van der Waals surface area (Å²) in [6, 6.07) is 15.9. The van der Waals surface area contributed by atoms with E-state index in [1.54, 1.807) is 32.4 Å². The number of halogens is 2. The van der Waals surface area contributed by atoms with Crippen molar-refractivity contribution < 1.29 is 28.2 Å². The van der Waals surface area contributed by atoms with Crippen LogP contribution in [0.2, 0.25) is 0 Å². The Kier molecular flexibility index (Phi) is 10.9. The Morgan fingerprint density at radius 3 is 2.44 bits per heavy atom. The van der Waals surface area contributed by atoms with E-state index in [1.807, 2.05) is 36.6 Å². The first-order valence-corrected chi connectivity index (χ1v) is 14.5. The van der Waals surface area contributed by atoms with Crippen LogP contribution in [0.15, 0.2) is 72.1 Å². The number of nitrogens with one attached hydrogen (secondary N) is 2. The van der Waals surface area contributed by atoms with Crippen molar-refractivity contribution in [2.75, 3.05) is 20.7 Å². The van der Waals surface area contributed by atoms with E-state index in [9.17, 15) is 23.5 Å². The molecular formula is C32H34F2N4O4S. The van der Waals surface area contributed by atoms with Crippen molar-refractivity contribution in [1.82, 2.24) is 20.5 Å². The number of aryl methyl sites for hydroxylation is 1. The zero-order valence-corrected chi connectivity index (χ0v) is 25.0. The van der Waals surface area contributed by atoms with Crippen LogP contribution in [0.4, 0.5) is 8.78 Å². The van der Waals surface area contributed by atoms with E-state index in [-0.39, 0.29) is 30.0 Å². The van der Waals surface area contributed by atoms with Crippen LogP contribution >= 0.6 is 11.3 Å². The van der Waals surface area contributed by atoms with Crippen molar-refractivity contribution in [3.8, 4) is 5.75 Å². The number of thiazole rings is 1. The monoisotopic (exact) mass is 608 g/mol. The van der Waals surface area contributed by atoms with Crippen molar-refractivity contribution in [2.24, 2.45) is 0 Å². The van der Waals surface area contributed by atoms with Gasteiger partial charge in [-0.15, -0.1) is 11.3 Å². The minimum absolute atomic E-state index is 0.0307. The molecule has 0 saturated carbocycles. The van der Waals surface area contributed by atoms with Gasteiger partial charge in [0.15, 0.2) is 0 Å². The molecule has 3 aromatic carbocycles. The molecular weight excluding hydrogens is 574 g/mol. The van der Waals surface area contributed by atoms with Crippen molar-refractivity contribution in [2.45, 2.75) is 38.6 Å². The molecule has 0 spiro atoms. The van der Waals surface area contributed by atoms with Crippen LogP contribution in [0.5, 0.6) is 5.75 Å². The number of aromatic nitrogens is 1. The quantitative estimate of drug-likeness (QED) is 0.207. The van der Waals surface area contributed by atoms with Crippen LogP contribution in [0, 0.1) is 18.6 Å². The Morgan fingerprint density at radius 1 is 1.02 bits per heavy atom. The Balaban J connectivity index is 1.46. The third-order valence-electron chi connectivity index (χ3n) is 6.73. The van der Waals surface area contributed by atoms with E-state index in [4.69, 9.17) is 4.74 Å². The van der Waals surface area contributed by atoms with Crippen LogP contribution in [0.1, 0.15) is 42.5 Å². The lowest BCUT2D eigenvalue weighted by Crippen LogP contribution is -2.48. The van der Waals surface area contributed by atoms with Gasteiger partial charge in [0.2, 0.25) is 0 Å². The maximum atomic E-state index is 13.9. The maximum absolute atomic E-state index is 13.9. The number of rotatable bonds is 13. The number of ether oxygens (including phenoxy) is 1. The molecule has 4 aromatic rings. The van der Waals surface area contributed by atoms with Crippen LogP contribution in [-0.2, 0) is 19.5 Å². The Labute approximate surface area is 253 Å². The van der Waals surface area contributed by atoms with Crippen LogP contribution in [0.25, 0.3) is 0 Å². The van der Waals surface area contributed by atoms with Crippen LogP contribution < -0.4 is 15.4 Å². The second-order valence-electron chi connectivity index (χ2n) is 10.2. The summed E-state index contributed by atoms with van der Waals surface area (Å²) in [4.78, 5) is 32.3. The van der Waals surface area contributed by atoms with E-state index in [0.717, 1.165) is 34.5 Å². The predicted molar refractivity (Wildman–Crippen MR) is 161 cm³/mol. The Morgan fingerprint density at radius 2 is 1.74 bits per heavy atom. The van der Waals surface area contributed by atoms with E-state index >= 15 is 0 Å². The lowest BCUT2D eigenvalue weighted by molar-refractivity contribution is 0.0784. The summed E-state index contributed by atoms with van der Waals surface area (Å²) in [7, 11) is 3.24. The molecule has 0 unspecified atom stereocenters. The van der Waals surface area contributed by atoms with E-state index in [2.05, 4.69) is 15.6 Å².